The van der Waals surface area contributed by atoms with Gasteiger partial charge in [0.1, 0.15) is 6.20 Å². The van der Waals surface area contributed by atoms with Gasteiger partial charge in [-0.3, -0.25) is 0 Å². The van der Waals surface area contributed by atoms with Crippen molar-refractivity contribution < 1.29 is 4.74 Å². The van der Waals surface area contributed by atoms with Crippen LogP contribution in [0, 0.1) is 13.1 Å². The summed E-state index contributed by atoms with van der Waals surface area (Å²) < 4.78 is 7.29. The van der Waals surface area contributed by atoms with Gasteiger partial charge in [0.05, 0.1) is 6.61 Å². The molecule has 0 fully saturated rings. The third-order valence-corrected chi connectivity index (χ3v) is 1.61. The Labute approximate surface area is 73.3 Å². The minimum Gasteiger partial charge on any atom is -0.478 e. The number of hydrogen-bond acceptors (Lipinski definition) is 2. The highest BCUT2D eigenvalue weighted by molar-refractivity contribution is 5.20. The van der Waals surface area contributed by atoms with Gasteiger partial charge in [0.25, 0.3) is 0 Å². The number of aryl methyl sites for hydroxylation is 2. The lowest BCUT2D eigenvalue weighted by molar-refractivity contribution is 0.298. The Morgan fingerprint density at radius 2 is 2.25 bits per heavy atom. The second kappa shape index (κ2) is 4.14. The van der Waals surface area contributed by atoms with Crippen LogP contribution in [0.5, 0.6) is 5.88 Å². The Morgan fingerprint density at radius 3 is 2.83 bits per heavy atom. The van der Waals surface area contributed by atoms with Gasteiger partial charge in [-0.1, -0.05) is 6.92 Å². The highest BCUT2D eigenvalue weighted by Crippen LogP contribution is 2.16. The van der Waals surface area contributed by atoms with Crippen LogP contribution < -0.4 is 4.74 Å². The summed E-state index contributed by atoms with van der Waals surface area (Å²) in [5, 5.41) is 4.09. The van der Waals surface area contributed by atoms with Crippen LogP contribution in [0.25, 0.3) is 0 Å². The van der Waals surface area contributed by atoms with Crippen molar-refractivity contribution in [3.05, 3.63) is 11.8 Å². The summed E-state index contributed by atoms with van der Waals surface area (Å²) in [6, 6.07) is 0. The van der Waals surface area contributed by atoms with Crippen LogP contribution in [-0.2, 0) is 6.54 Å². The zero-order valence-electron chi connectivity index (χ0n) is 7.92. The maximum atomic E-state index is 5.43. The molecule has 0 aliphatic heterocycles. The van der Waals surface area contributed by atoms with Crippen LogP contribution in [-0.4, -0.2) is 16.4 Å². The molecule has 67 valence electrons. The Hall–Kier alpha value is -0.990. The molecule has 0 atom stereocenters. The molecule has 1 heterocycles. The molecule has 0 aliphatic carbocycles. The first kappa shape index (κ1) is 9.10. The van der Waals surface area contributed by atoms with Crippen molar-refractivity contribution in [2.45, 2.75) is 33.7 Å². The molecule has 0 N–H and O–H groups in total. The Morgan fingerprint density at radius 1 is 1.50 bits per heavy atom. The zero-order chi connectivity index (χ0) is 8.97. The minimum atomic E-state index is 0.685. The number of hydrogen-bond donors (Lipinski definition) is 0. The van der Waals surface area contributed by atoms with Gasteiger partial charge in [0.15, 0.2) is 0 Å². The molecule has 12 heavy (non-hydrogen) atoms. The van der Waals surface area contributed by atoms with Crippen molar-refractivity contribution in [3.63, 3.8) is 0 Å². The van der Waals surface area contributed by atoms with E-state index in [1.165, 1.54) is 0 Å². The minimum absolute atomic E-state index is 0.685. The molecule has 3 heteroatoms. The topological polar surface area (TPSA) is 27.1 Å². The maximum Gasteiger partial charge on any atom is 0.215 e. The van der Waals surface area contributed by atoms with E-state index in [9.17, 15) is 0 Å². The molecule has 0 amide bonds. The summed E-state index contributed by atoms with van der Waals surface area (Å²) in [4.78, 5) is 0. The molecule has 3 nitrogen and oxygen atoms in total. The fourth-order valence-electron chi connectivity index (χ4n) is 1.11. The second-order valence-electron chi connectivity index (χ2n) is 2.70. The highest BCUT2D eigenvalue weighted by Gasteiger charge is 2.06. The molecule has 0 spiro atoms. The van der Waals surface area contributed by atoms with Crippen LogP contribution in [0.3, 0.4) is 0 Å². The molecular formula is C9H15N2O. The van der Waals surface area contributed by atoms with Crippen molar-refractivity contribution >= 4 is 0 Å². The van der Waals surface area contributed by atoms with Gasteiger partial charge in [-0.2, -0.15) is 5.10 Å². The first-order valence-corrected chi connectivity index (χ1v) is 4.37. The van der Waals surface area contributed by atoms with E-state index in [1.807, 2.05) is 18.5 Å². The fraction of sp³-hybridized carbons (Fsp3) is 0.667. The average Bonchev–Trinajstić information content (AvgIpc) is 2.37. The third kappa shape index (κ3) is 1.78. The average molecular weight is 167 g/mol. The molecule has 1 aromatic heterocycles. The summed E-state index contributed by atoms with van der Waals surface area (Å²) >= 11 is 0. The van der Waals surface area contributed by atoms with Crippen molar-refractivity contribution in [1.29, 1.82) is 0 Å². The fourth-order valence-corrected chi connectivity index (χ4v) is 1.11. The molecule has 1 rings (SSSR count). The van der Waals surface area contributed by atoms with Gasteiger partial charge < -0.3 is 4.74 Å². The van der Waals surface area contributed by atoms with E-state index < -0.39 is 0 Å². The van der Waals surface area contributed by atoms with Crippen molar-refractivity contribution in [2.75, 3.05) is 6.61 Å². The Bertz CT molecular complexity index is 243. The molecule has 1 radical (unpaired) electrons. The molecule has 0 bridgehead atoms. The summed E-state index contributed by atoms with van der Waals surface area (Å²) in [5.41, 5.74) is 0.991. The van der Waals surface area contributed by atoms with Gasteiger partial charge in [-0.05, 0) is 20.3 Å². The van der Waals surface area contributed by atoms with E-state index in [4.69, 9.17) is 4.74 Å². The largest absolute Gasteiger partial charge is 0.478 e. The van der Waals surface area contributed by atoms with E-state index in [0.29, 0.717) is 6.61 Å². The third-order valence-electron chi connectivity index (χ3n) is 1.61. The molecule has 1 aromatic rings. The van der Waals surface area contributed by atoms with Gasteiger partial charge in [-0.15, -0.1) is 0 Å². The Balaban J connectivity index is 2.80. The second-order valence-corrected chi connectivity index (χ2v) is 2.70. The molecule has 0 saturated heterocycles. The lowest BCUT2D eigenvalue weighted by Gasteiger charge is -2.06. The molecule has 0 aromatic carbocycles. The summed E-state index contributed by atoms with van der Waals surface area (Å²) in [5.74, 6) is 0.861. The van der Waals surface area contributed by atoms with Crippen molar-refractivity contribution in [1.82, 2.24) is 9.78 Å². The summed E-state index contributed by atoms with van der Waals surface area (Å²) in [7, 11) is 0. The molecular weight excluding hydrogens is 152 g/mol. The monoisotopic (exact) mass is 167 g/mol. The number of aromatic nitrogens is 2. The van der Waals surface area contributed by atoms with Crippen molar-refractivity contribution in [2.24, 2.45) is 0 Å². The quantitative estimate of drug-likeness (QED) is 0.683. The van der Waals surface area contributed by atoms with Gasteiger partial charge in [0.2, 0.25) is 5.88 Å². The van der Waals surface area contributed by atoms with Crippen molar-refractivity contribution in [3.8, 4) is 5.88 Å². The normalized spacial score (nSPS) is 10.2. The van der Waals surface area contributed by atoms with E-state index in [0.717, 1.165) is 24.4 Å². The summed E-state index contributed by atoms with van der Waals surface area (Å²) in [6.45, 7) is 7.64. The van der Waals surface area contributed by atoms with Crippen LogP contribution >= 0.6 is 0 Å². The first-order chi connectivity index (χ1) is 5.79. The number of rotatable bonds is 4. The maximum absolute atomic E-state index is 5.43. The Kier molecular flexibility index (Phi) is 3.14. The molecule has 0 unspecified atom stereocenters. The van der Waals surface area contributed by atoms with E-state index in [1.54, 1.807) is 0 Å². The standard InChI is InChI=1S/C9H15N2O/c1-4-6-11-9(12-5-2)8(3)7-10-11/h4-6H2,1-3H3. The lowest BCUT2D eigenvalue weighted by Crippen LogP contribution is -2.04. The van der Waals surface area contributed by atoms with Gasteiger partial charge >= 0.3 is 0 Å². The molecule has 0 saturated carbocycles. The zero-order valence-corrected chi connectivity index (χ0v) is 7.92. The van der Waals surface area contributed by atoms with E-state index in [2.05, 4.69) is 18.2 Å². The van der Waals surface area contributed by atoms with E-state index in [-0.39, 0.29) is 0 Å². The van der Waals surface area contributed by atoms with Gasteiger partial charge in [0, 0.05) is 12.1 Å². The predicted molar refractivity (Wildman–Crippen MR) is 47.3 cm³/mol. The smallest absolute Gasteiger partial charge is 0.215 e. The van der Waals surface area contributed by atoms with Crippen LogP contribution in [0.4, 0.5) is 0 Å². The van der Waals surface area contributed by atoms with Crippen LogP contribution in [0.1, 0.15) is 25.8 Å². The van der Waals surface area contributed by atoms with Crippen LogP contribution in [0.2, 0.25) is 0 Å². The number of nitrogens with zero attached hydrogens (tertiary/aromatic N) is 2. The van der Waals surface area contributed by atoms with E-state index >= 15 is 0 Å². The SMILES string of the molecule is CCCn1n[c]c(C)c1OCC. The summed E-state index contributed by atoms with van der Waals surface area (Å²) in [6.07, 6.45) is 3.96. The lowest BCUT2D eigenvalue weighted by atomic mass is 10.4. The molecule has 0 aliphatic rings. The van der Waals surface area contributed by atoms with Crippen LogP contribution in [0.15, 0.2) is 0 Å². The predicted octanol–water partition coefficient (Wildman–Crippen LogP) is 1.80. The first-order valence-electron chi connectivity index (χ1n) is 4.37. The van der Waals surface area contributed by atoms with Gasteiger partial charge in [-0.25, -0.2) is 4.68 Å². The number of ether oxygens (including phenoxy) is 1. The highest BCUT2D eigenvalue weighted by atomic mass is 16.5.